The molecule has 3 aliphatic heterocycles. The van der Waals surface area contributed by atoms with Crippen LogP contribution >= 0.6 is 0 Å². The van der Waals surface area contributed by atoms with Gasteiger partial charge in [0.2, 0.25) is 23.5 Å². The molecule has 6 rings (SSSR count). The molecule has 0 spiro atoms. The van der Waals surface area contributed by atoms with Gasteiger partial charge in [0.05, 0.1) is 6.54 Å². The molecule has 210 valence electrons. The number of hydrogen-bond donors (Lipinski definition) is 1. The van der Waals surface area contributed by atoms with Crippen LogP contribution in [0.1, 0.15) is 37.3 Å². The Kier molecular flexibility index (Phi) is 6.35. The van der Waals surface area contributed by atoms with Gasteiger partial charge in [-0.05, 0) is 30.9 Å². The molecule has 1 atom stereocenters. The van der Waals surface area contributed by atoms with Crippen molar-refractivity contribution in [3.63, 3.8) is 0 Å². The van der Waals surface area contributed by atoms with E-state index in [1.807, 2.05) is 0 Å². The highest BCUT2D eigenvalue weighted by atomic mass is 19.4. The van der Waals surface area contributed by atoms with Gasteiger partial charge in [0, 0.05) is 35.9 Å². The van der Waals surface area contributed by atoms with Crippen LogP contribution in [0.4, 0.5) is 13.2 Å². The van der Waals surface area contributed by atoms with Crippen molar-refractivity contribution >= 4 is 23.6 Å². The number of halogens is 3. The maximum atomic E-state index is 13.5. The molecule has 1 N–H and O–H groups in total. The van der Waals surface area contributed by atoms with E-state index in [4.69, 9.17) is 4.52 Å². The first-order chi connectivity index (χ1) is 19.6. The molecule has 15 heteroatoms. The van der Waals surface area contributed by atoms with E-state index < -0.39 is 41.5 Å². The molecular formula is C26H20F3N7O5. The molecular weight excluding hydrogens is 547 g/mol. The van der Waals surface area contributed by atoms with E-state index in [0.717, 1.165) is 17.4 Å². The first-order valence-corrected chi connectivity index (χ1v) is 12.6. The number of carbonyl (C=O) groups is 4. The van der Waals surface area contributed by atoms with E-state index in [0.29, 0.717) is 24.9 Å². The summed E-state index contributed by atoms with van der Waals surface area (Å²) in [6, 6.07) is 5.02. The lowest BCUT2D eigenvalue weighted by Crippen LogP contribution is -2.55. The Morgan fingerprint density at radius 1 is 1.07 bits per heavy atom. The highest BCUT2D eigenvalue weighted by Gasteiger charge is 2.48. The molecule has 2 aromatic heterocycles. The summed E-state index contributed by atoms with van der Waals surface area (Å²) in [5.74, 6) is -2.12. The largest absolute Gasteiger partial charge is 0.434 e. The summed E-state index contributed by atoms with van der Waals surface area (Å²) in [6.45, 7) is 0.390. The molecule has 41 heavy (non-hydrogen) atoms. The van der Waals surface area contributed by atoms with Crippen LogP contribution in [0.3, 0.4) is 0 Å². The van der Waals surface area contributed by atoms with Crippen molar-refractivity contribution in [2.75, 3.05) is 6.54 Å². The number of nitrogens with zero attached hydrogens (tertiary/aromatic N) is 6. The molecule has 0 bridgehead atoms. The lowest BCUT2D eigenvalue weighted by Gasteiger charge is -2.29. The topological polar surface area (TPSA) is 151 Å². The van der Waals surface area contributed by atoms with Gasteiger partial charge in [-0.2, -0.15) is 18.2 Å². The Morgan fingerprint density at radius 2 is 1.88 bits per heavy atom. The minimum absolute atomic E-state index is 0.0154. The average Bonchev–Trinajstić information content (AvgIpc) is 3.51. The summed E-state index contributed by atoms with van der Waals surface area (Å²) in [4.78, 5) is 64.4. The highest BCUT2D eigenvalue weighted by Crippen LogP contribution is 2.37. The number of benzene rings is 1. The zero-order valence-corrected chi connectivity index (χ0v) is 21.1. The second-order valence-corrected chi connectivity index (χ2v) is 9.67. The number of hydrogen-bond acceptors (Lipinski definition) is 10. The number of carbonyl (C=O) groups excluding carboxylic acids is 4. The quantitative estimate of drug-likeness (QED) is 0.455. The van der Waals surface area contributed by atoms with Gasteiger partial charge in [-0.1, -0.05) is 23.4 Å². The van der Waals surface area contributed by atoms with E-state index in [2.05, 4.69) is 25.4 Å². The molecule has 12 nitrogen and oxygen atoms in total. The number of aromatic nitrogens is 4. The maximum Gasteiger partial charge on any atom is 0.434 e. The van der Waals surface area contributed by atoms with Gasteiger partial charge in [-0.25, -0.2) is 9.97 Å². The molecule has 1 fully saturated rings. The third-order valence-corrected chi connectivity index (χ3v) is 7.08. The predicted molar refractivity (Wildman–Crippen MR) is 130 cm³/mol. The molecule has 3 aliphatic rings. The number of nitrogens with one attached hydrogen (secondary N) is 1. The van der Waals surface area contributed by atoms with Gasteiger partial charge < -0.3 is 9.42 Å². The van der Waals surface area contributed by atoms with Crippen LogP contribution in [-0.4, -0.2) is 66.1 Å². The van der Waals surface area contributed by atoms with Crippen LogP contribution in [-0.2, 0) is 31.9 Å². The molecule has 3 aromatic rings. The third kappa shape index (κ3) is 4.72. The first-order valence-electron chi connectivity index (χ1n) is 12.6. The average molecular weight is 567 g/mol. The van der Waals surface area contributed by atoms with Crippen LogP contribution in [0.2, 0.25) is 0 Å². The normalized spacial score (nSPS) is 19.6. The Bertz CT molecular complexity index is 1630. The second kappa shape index (κ2) is 9.91. The molecule has 0 aliphatic carbocycles. The van der Waals surface area contributed by atoms with Crippen LogP contribution in [0.5, 0.6) is 0 Å². The first kappa shape index (κ1) is 26.3. The molecule has 5 heterocycles. The van der Waals surface area contributed by atoms with Gasteiger partial charge in [0.15, 0.2) is 5.69 Å². The summed E-state index contributed by atoms with van der Waals surface area (Å²) >= 11 is 0. The van der Waals surface area contributed by atoms with E-state index in [-0.39, 0.29) is 53.5 Å². The minimum atomic E-state index is -4.68. The number of imide groups is 2. The molecule has 0 radical (unpaired) electrons. The van der Waals surface area contributed by atoms with E-state index in [9.17, 15) is 32.3 Å². The van der Waals surface area contributed by atoms with Gasteiger partial charge >= 0.3 is 6.18 Å². The standard InChI is InChI=1S/C26H20F3N7O5/c27-26(28,29)21-16(10-30-12-31-21)13-3-1-4-14(9-13)22-33-19(41-34-22)11-35-8-2-5-15-20(35)25(40)36(24(15)39)17-6-7-18(37)32-23(17)38/h1,3-4,9-10,12,17H,2,5-8,11H2,(H,32,37,38). The Labute approximate surface area is 229 Å². The predicted octanol–water partition coefficient (Wildman–Crippen LogP) is 2.24. The van der Waals surface area contributed by atoms with Crippen molar-refractivity contribution in [3.8, 4) is 22.5 Å². The van der Waals surface area contributed by atoms with Crippen LogP contribution < -0.4 is 5.32 Å². The van der Waals surface area contributed by atoms with Gasteiger partial charge in [0.25, 0.3) is 11.8 Å². The lowest BCUT2D eigenvalue weighted by molar-refractivity contribution is -0.150. The fourth-order valence-electron chi connectivity index (χ4n) is 5.25. The number of alkyl halides is 3. The fraction of sp³-hybridized carbons (Fsp3) is 0.308. The van der Waals surface area contributed by atoms with Crippen molar-refractivity contribution in [2.24, 2.45) is 0 Å². The Hall–Kier alpha value is -4.95. The highest BCUT2D eigenvalue weighted by molar-refractivity contribution is 6.21. The van der Waals surface area contributed by atoms with Gasteiger partial charge in [-0.3, -0.25) is 29.4 Å². The van der Waals surface area contributed by atoms with Crippen molar-refractivity contribution in [3.05, 3.63) is 59.6 Å². The Morgan fingerprint density at radius 3 is 2.66 bits per heavy atom. The summed E-state index contributed by atoms with van der Waals surface area (Å²) in [5.41, 5.74) is -0.265. The van der Waals surface area contributed by atoms with Gasteiger partial charge in [0.1, 0.15) is 18.1 Å². The number of amides is 4. The smallest absolute Gasteiger partial charge is 0.357 e. The monoisotopic (exact) mass is 567 g/mol. The van der Waals surface area contributed by atoms with E-state index in [1.165, 1.54) is 12.1 Å². The van der Waals surface area contributed by atoms with Gasteiger partial charge in [-0.15, -0.1) is 0 Å². The van der Waals surface area contributed by atoms with E-state index >= 15 is 0 Å². The summed E-state index contributed by atoms with van der Waals surface area (Å²) in [6.07, 6.45) is -1.79. The van der Waals surface area contributed by atoms with Crippen LogP contribution in [0.15, 0.2) is 52.6 Å². The zero-order chi connectivity index (χ0) is 28.9. The maximum absolute atomic E-state index is 13.5. The van der Waals surface area contributed by atoms with Crippen LogP contribution in [0, 0.1) is 0 Å². The molecule has 4 amide bonds. The summed E-state index contributed by atoms with van der Waals surface area (Å²) in [7, 11) is 0. The van der Waals surface area contributed by atoms with Crippen molar-refractivity contribution in [2.45, 2.75) is 44.4 Å². The molecule has 0 saturated carbocycles. The molecule has 1 saturated heterocycles. The third-order valence-electron chi connectivity index (χ3n) is 7.08. The summed E-state index contributed by atoms with van der Waals surface area (Å²) < 4.78 is 45.8. The number of rotatable bonds is 5. The molecule has 1 unspecified atom stereocenters. The zero-order valence-electron chi connectivity index (χ0n) is 21.1. The number of piperidine rings is 1. The van der Waals surface area contributed by atoms with E-state index in [1.54, 1.807) is 17.0 Å². The summed E-state index contributed by atoms with van der Waals surface area (Å²) in [5, 5.41) is 6.12. The lowest BCUT2D eigenvalue weighted by atomic mass is 10.0. The SMILES string of the molecule is O=C1CCC(N2C(=O)C3=C(C2=O)N(Cc2nc(-c4cccc(-c5cncnc5C(F)(F)F)c4)no2)CCC3)C(=O)N1. The minimum Gasteiger partial charge on any atom is -0.357 e. The fourth-order valence-corrected chi connectivity index (χ4v) is 5.25. The Balaban J connectivity index is 1.23. The van der Waals surface area contributed by atoms with Crippen LogP contribution in [0.25, 0.3) is 22.5 Å². The van der Waals surface area contributed by atoms with Crippen molar-refractivity contribution < 1.29 is 36.9 Å². The van der Waals surface area contributed by atoms with Crippen molar-refractivity contribution in [1.29, 1.82) is 0 Å². The second-order valence-electron chi connectivity index (χ2n) is 9.67. The van der Waals surface area contributed by atoms with Crippen molar-refractivity contribution in [1.82, 2.24) is 35.2 Å². The molecule has 1 aromatic carbocycles.